The average molecular weight is 378 g/mol. The molecule has 0 unspecified atom stereocenters. The van der Waals surface area contributed by atoms with Crippen molar-refractivity contribution in [3.05, 3.63) is 59.7 Å². The molecule has 0 saturated carbocycles. The molecule has 0 heterocycles. The first-order valence-corrected chi connectivity index (χ1v) is 8.59. The van der Waals surface area contributed by atoms with E-state index in [0.29, 0.717) is 11.5 Å². The molecule has 0 atom stereocenters. The van der Waals surface area contributed by atoms with E-state index in [-0.39, 0.29) is 17.2 Å². The Labute approximate surface area is 158 Å². The highest BCUT2D eigenvalue weighted by molar-refractivity contribution is 5.79. The molecular formula is C21H24F2O4. The Morgan fingerprint density at radius 1 is 0.889 bits per heavy atom. The number of hydrogen-bond donors (Lipinski definition) is 0. The van der Waals surface area contributed by atoms with Crippen LogP contribution in [0.25, 0.3) is 0 Å². The highest BCUT2D eigenvalue weighted by Gasteiger charge is 2.35. The molecule has 0 saturated heterocycles. The average Bonchev–Trinajstić information content (AvgIpc) is 2.61. The van der Waals surface area contributed by atoms with Gasteiger partial charge in [-0.15, -0.1) is 0 Å². The van der Waals surface area contributed by atoms with Crippen LogP contribution < -0.4 is 9.47 Å². The number of methoxy groups -OCH3 is 1. The molecule has 6 heteroatoms. The third kappa shape index (κ3) is 4.96. The van der Waals surface area contributed by atoms with Crippen LogP contribution in [0.2, 0.25) is 0 Å². The summed E-state index contributed by atoms with van der Waals surface area (Å²) in [5, 5.41) is 0. The standard InChI is InChI=1S/C21H24F2O4/c1-14(2)26-19(24)20(3,4)27-18-12-8-16(9-13-18)21(22,23)15-6-10-17(25-5)11-7-15/h6-14H,1-5H3. The SMILES string of the molecule is COc1ccc(C(F)(F)c2ccc(OC(C)(C)C(=O)OC(C)C)cc2)cc1. The van der Waals surface area contributed by atoms with Gasteiger partial charge in [-0.05, 0) is 76.2 Å². The van der Waals surface area contributed by atoms with Gasteiger partial charge >= 0.3 is 5.97 Å². The Hall–Kier alpha value is -2.63. The second-order valence-corrected chi connectivity index (χ2v) is 6.89. The van der Waals surface area contributed by atoms with Gasteiger partial charge in [-0.1, -0.05) is 0 Å². The predicted octanol–water partition coefficient (Wildman–Crippen LogP) is 4.94. The molecule has 0 aliphatic carbocycles. The van der Waals surface area contributed by atoms with Gasteiger partial charge in [0.15, 0.2) is 5.60 Å². The Kier molecular flexibility index (Phi) is 6.08. The summed E-state index contributed by atoms with van der Waals surface area (Å²) in [5.41, 5.74) is -1.55. The summed E-state index contributed by atoms with van der Waals surface area (Å²) >= 11 is 0. The van der Waals surface area contributed by atoms with Crippen molar-refractivity contribution in [1.82, 2.24) is 0 Å². The largest absolute Gasteiger partial charge is 0.497 e. The van der Waals surface area contributed by atoms with E-state index in [9.17, 15) is 13.6 Å². The van der Waals surface area contributed by atoms with E-state index in [1.807, 2.05) is 0 Å². The van der Waals surface area contributed by atoms with Gasteiger partial charge in [-0.2, -0.15) is 8.78 Å². The molecule has 2 rings (SSSR count). The fourth-order valence-electron chi connectivity index (χ4n) is 2.39. The minimum atomic E-state index is -3.17. The molecule has 0 spiro atoms. The zero-order valence-electron chi connectivity index (χ0n) is 16.1. The molecule has 4 nitrogen and oxygen atoms in total. The van der Waals surface area contributed by atoms with Gasteiger partial charge in [-0.3, -0.25) is 0 Å². The number of hydrogen-bond acceptors (Lipinski definition) is 4. The number of alkyl halides is 2. The fraction of sp³-hybridized carbons (Fsp3) is 0.381. The van der Waals surface area contributed by atoms with Crippen LogP contribution in [-0.4, -0.2) is 24.8 Å². The molecule has 27 heavy (non-hydrogen) atoms. The number of esters is 1. The summed E-state index contributed by atoms with van der Waals surface area (Å²) < 4.78 is 45.2. The quantitative estimate of drug-likeness (QED) is 0.640. The third-order valence-corrected chi connectivity index (χ3v) is 3.88. The van der Waals surface area contributed by atoms with Crippen molar-refractivity contribution in [2.24, 2.45) is 0 Å². The number of rotatable bonds is 7. The van der Waals surface area contributed by atoms with Gasteiger partial charge in [0.1, 0.15) is 11.5 Å². The molecule has 0 bridgehead atoms. The minimum absolute atomic E-state index is 0.141. The van der Waals surface area contributed by atoms with Crippen molar-refractivity contribution in [3.8, 4) is 11.5 Å². The lowest BCUT2D eigenvalue weighted by Gasteiger charge is -2.26. The van der Waals surface area contributed by atoms with Crippen LogP contribution in [0.1, 0.15) is 38.8 Å². The molecule has 0 aromatic heterocycles. The monoisotopic (exact) mass is 378 g/mol. The molecular weight excluding hydrogens is 354 g/mol. The van der Waals surface area contributed by atoms with Crippen molar-refractivity contribution >= 4 is 5.97 Å². The summed E-state index contributed by atoms with van der Waals surface area (Å²) in [5.74, 6) is -2.88. The zero-order chi connectivity index (χ0) is 20.2. The van der Waals surface area contributed by atoms with Crippen LogP contribution in [0.3, 0.4) is 0 Å². The lowest BCUT2D eigenvalue weighted by molar-refractivity contribution is -0.163. The first-order valence-electron chi connectivity index (χ1n) is 8.59. The second-order valence-electron chi connectivity index (χ2n) is 6.89. The Bertz CT molecular complexity index is 766. The first-order chi connectivity index (χ1) is 12.6. The van der Waals surface area contributed by atoms with E-state index in [1.165, 1.54) is 55.6 Å². The van der Waals surface area contributed by atoms with E-state index in [0.717, 1.165) is 0 Å². The highest BCUT2D eigenvalue weighted by Crippen LogP contribution is 2.37. The summed E-state index contributed by atoms with van der Waals surface area (Å²) in [7, 11) is 1.48. The number of ether oxygens (including phenoxy) is 3. The maximum Gasteiger partial charge on any atom is 0.350 e. The number of benzene rings is 2. The zero-order valence-corrected chi connectivity index (χ0v) is 16.1. The third-order valence-electron chi connectivity index (χ3n) is 3.88. The van der Waals surface area contributed by atoms with Crippen LogP contribution in [0, 0.1) is 0 Å². The van der Waals surface area contributed by atoms with Gasteiger partial charge in [0, 0.05) is 11.1 Å². The van der Waals surface area contributed by atoms with Crippen molar-refractivity contribution in [3.63, 3.8) is 0 Å². The van der Waals surface area contributed by atoms with Crippen molar-refractivity contribution in [2.45, 2.75) is 45.3 Å². The Morgan fingerprint density at radius 2 is 1.33 bits per heavy atom. The Morgan fingerprint density at radius 3 is 1.74 bits per heavy atom. The van der Waals surface area contributed by atoms with Gasteiger partial charge in [0.2, 0.25) is 0 Å². The van der Waals surface area contributed by atoms with Crippen LogP contribution in [0.15, 0.2) is 48.5 Å². The van der Waals surface area contributed by atoms with E-state index >= 15 is 0 Å². The summed E-state index contributed by atoms with van der Waals surface area (Å²) in [4.78, 5) is 12.1. The van der Waals surface area contributed by atoms with E-state index < -0.39 is 17.5 Å². The van der Waals surface area contributed by atoms with Crippen LogP contribution in [-0.2, 0) is 15.5 Å². The molecule has 0 radical (unpaired) electrons. The topological polar surface area (TPSA) is 44.8 Å². The maximum absolute atomic E-state index is 14.7. The molecule has 0 aliphatic rings. The summed E-state index contributed by atoms with van der Waals surface area (Å²) in [6.07, 6.45) is -0.272. The van der Waals surface area contributed by atoms with Crippen LogP contribution in [0.4, 0.5) is 8.78 Å². The van der Waals surface area contributed by atoms with Crippen molar-refractivity contribution in [1.29, 1.82) is 0 Å². The first kappa shape index (κ1) is 20.7. The second kappa shape index (κ2) is 7.94. The van der Waals surface area contributed by atoms with E-state index in [2.05, 4.69) is 0 Å². The fourth-order valence-corrected chi connectivity index (χ4v) is 2.39. The van der Waals surface area contributed by atoms with E-state index in [1.54, 1.807) is 27.7 Å². The van der Waals surface area contributed by atoms with Crippen LogP contribution in [0.5, 0.6) is 11.5 Å². The highest BCUT2D eigenvalue weighted by atomic mass is 19.3. The van der Waals surface area contributed by atoms with Crippen molar-refractivity contribution < 1.29 is 27.8 Å². The summed E-state index contributed by atoms with van der Waals surface area (Å²) in [6, 6.07) is 11.0. The van der Waals surface area contributed by atoms with Crippen molar-refractivity contribution in [2.75, 3.05) is 7.11 Å². The summed E-state index contributed by atoms with van der Waals surface area (Å²) in [6.45, 7) is 6.61. The van der Waals surface area contributed by atoms with Gasteiger partial charge in [0.05, 0.1) is 13.2 Å². The molecule has 0 aliphatic heterocycles. The van der Waals surface area contributed by atoms with Gasteiger partial charge < -0.3 is 14.2 Å². The smallest absolute Gasteiger partial charge is 0.350 e. The van der Waals surface area contributed by atoms with E-state index in [4.69, 9.17) is 14.2 Å². The number of halogens is 2. The molecule has 0 amide bonds. The van der Waals surface area contributed by atoms with Gasteiger partial charge in [0.25, 0.3) is 5.92 Å². The number of carbonyl (C=O) groups is 1. The molecule has 0 N–H and O–H groups in total. The van der Waals surface area contributed by atoms with Gasteiger partial charge in [-0.25, -0.2) is 4.79 Å². The molecule has 0 fully saturated rings. The normalized spacial score (nSPS) is 12.0. The molecule has 2 aromatic rings. The lowest BCUT2D eigenvalue weighted by Crippen LogP contribution is -2.40. The molecule has 2 aromatic carbocycles. The maximum atomic E-state index is 14.7. The Balaban J connectivity index is 2.17. The predicted molar refractivity (Wildman–Crippen MR) is 98.4 cm³/mol. The molecule has 146 valence electrons. The lowest BCUT2D eigenvalue weighted by atomic mass is 10.00. The number of carbonyl (C=O) groups excluding carboxylic acids is 1. The minimum Gasteiger partial charge on any atom is -0.497 e. The van der Waals surface area contributed by atoms with Crippen LogP contribution >= 0.6 is 0 Å².